The standard InChI is InChI=1S/C9H19NO/c1-9(2,3)11-10-7-8-5-4-6-8/h8,10H,4-7H2,1-3H3. The first-order valence-corrected chi connectivity index (χ1v) is 4.49. The summed E-state index contributed by atoms with van der Waals surface area (Å²) >= 11 is 0. The average molecular weight is 157 g/mol. The number of hydrogen-bond donors (Lipinski definition) is 1. The van der Waals surface area contributed by atoms with Gasteiger partial charge in [-0.15, -0.1) is 0 Å². The molecule has 0 bridgehead atoms. The van der Waals surface area contributed by atoms with E-state index in [4.69, 9.17) is 4.84 Å². The van der Waals surface area contributed by atoms with Gasteiger partial charge in [-0.05, 0) is 39.5 Å². The second-order valence-corrected chi connectivity index (χ2v) is 4.36. The molecule has 11 heavy (non-hydrogen) atoms. The van der Waals surface area contributed by atoms with Crippen molar-refractivity contribution in [1.82, 2.24) is 5.48 Å². The summed E-state index contributed by atoms with van der Waals surface area (Å²) in [5.41, 5.74) is 2.98. The minimum absolute atomic E-state index is 0.0518. The maximum absolute atomic E-state index is 5.39. The molecule has 0 spiro atoms. The van der Waals surface area contributed by atoms with Crippen LogP contribution in [0.15, 0.2) is 0 Å². The fourth-order valence-electron chi connectivity index (χ4n) is 1.07. The van der Waals surface area contributed by atoms with Gasteiger partial charge in [0.15, 0.2) is 0 Å². The molecule has 0 radical (unpaired) electrons. The predicted molar refractivity (Wildman–Crippen MR) is 46.2 cm³/mol. The highest BCUT2D eigenvalue weighted by atomic mass is 16.7. The van der Waals surface area contributed by atoms with Gasteiger partial charge in [-0.1, -0.05) is 6.42 Å². The van der Waals surface area contributed by atoms with Gasteiger partial charge < -0.3 is 0 Å². The van der Waals surface area contributed by atoms with E-state index in [0.29, 0.717) is 0 Å². The van der Waals surface area contributed by atoms with E-state index < -0.39 is 0 Å². The molecule has 66 valence electrons. The highest BCUT2D eigenvalue weighted by Gasteiger charge is 2.18. The van der Waals surface area contributed by atoms with Crippen molar-refractivity contribution < 1.29 is 4.84 Å². The molecule has 0 saturated heterocycles. The van der Waals surface area contributed by atoms with Crippen LogP contribution >= 0.6 is 0 Å². The van der Waals surface area contributed by atoms with Gasteiger partial charge in [0.25, 0.3) is 0 Å². The maximum atomic E-state index is 5.39. The van der Waals surface area contributed by atoms with Gasteiger partial charge in [-0.2, -0.15) is 0 Å². The zero-order chi connectivity index (χ0) is 8.32. The molecule has 0 aromatic carbocycles. The Bertz CT molecular complexity index is 113. The zero-order valence-corrected chi connectivity index (χ0v) is 7.81. The van der Waals surface area contributed by atoms with Crippen molar-refractivity contribution >= 4 is 0 Å². The first-order valence-electron chi connectivity index (χ1n) is 4.49. The maximum Gasteiger partial charge on any atom is 0.0812 e. The Morgan fingerprint density at radius 3 is 2.36 bits per heavy atom. The van der Waals surface area contributed by atoms with Crippen molar-refractivity contribution in [2.45, 2.75) is 45.6 Å². The molecule has 0 amide bonds. The molecule has 2 heteroatoms. The summed E-state index contributed by atoms with van der Waals surface area (Å²) in [6.07, 6.45) is 4.16. The summed E-state index contributed by atoms with van der Waals surface area (Å²) in [5.74, 6) is 0.873. The molecular weight excluding hydrogens is 138 g/mol. The number of nitrogens with one attached hydrogen (secondary N) is 1. The van der Waals surface area contributed by atoms with Crippen LogP contribution in [0.2, 0.25) is 0 Å². The van der Waals surface area contributed by atoms with Gasteiger partial charge >= 0.3 is 0 Å². The third-order valence-electron chi connectivity index (χ3n) is 1.98. The molecule has 1 fully saturated rings. The number of rotatable bonds is 3. The zero-order valence-electron chi connectivity index (χ0n) is 7.81. The van der Waals surface area contributed by atoms with Crippen LogP contribution in [-0.4, -0.2) is 12.1 Å². The SMILES string of the molecule is CC(C)(C)ONCC1CCC1. The average Bonchev–Trinajstić information content (AvgIpc) is 1.73. The van der Waals surface area contributed by atoms with Crippen LogP contribution in [-0.2, 0) is 4.84 Å². The smallest absolute Gasteiger partial charge is 0.0812 e. The van der Waals surface area contributed by atoms with E-state index >= 15 is 0 Å². The van der Waals surface area contributed by atoms with E-state index in [0.717, 1.165) is 12.5 Å². The topological polar surface area (TPSA) is 21.3 Å². The second-order valence-electron chi connectivity index (χ2n) is 4.36. The van der Waals surface area contributed by atoms with Crippen molar-refractivity contribution in [3.63, 3.8) is 0 Å². The largest absolute Gasteiger partial charge is 0.296 e. The minimum Gasteiger partial charge on any atom is -0.296 e. The lowest BCUT2D eigenvalue weighted by Gasteiger charge is -2.27. The summed E-state index contributed by atoms with van der Waals surface area (Å²) in [5, 5.41) is 0. The van der Waals surface area contributed by atoms with Crippen molar-refractivity contribution in [3.05, 3.63) is 0 Å². The van der Waals surface area contributed by atoms with E-state index in [1.54, 1.807) is 0 Å². The monoisotopic (exact) mass is 157 g/mol. The van der Waals surface area contributed by atoms with Crippen LogP contribution in [0.3, 0.4) is 0 Å². The first-order chi connectivity index (χ1) is 5.08. The Morgan fingerprint density at radius 1 is 1.36 bits per heavy atom. The molecule has 1 rings (SSSR count). The predicted octanol–water partition coefficient (Wildman–Crippen LogP) is 2.11. The van der Waals surface area contributed by atoms with Crippen molar-refractivity contribution in [2.24, 2.45) is 5.92 Å². The Labute approximate surface area is 69.3 Å². The summed E-state index contributed by atoms with van der Waals surface area (Å²) in [6.45, 7) is 7.19. The lowest BCUT2D eigenvalue weighted by molar-refractivity contribution is -0.0801. The Kier molecular flexibility index (Phi) is 2.90. The van der Waals surface area contributed by atoms with Gasteiger partial charge in [0.1, 0.15) is 0 Å². The molecular formula is C9H19NO. The fraction of sp³-hybridized carbons (Fsp3) is 1.00. The Morgan fingerprint density at radius 2 is 2.00 bits per heavy atom. The van der Waals surface area contributed by atoms with Crippen molar-refractivity contribution in [2.75, 3.05) is 6.54 Å². The molecule has 0 aromatic rings. The van der Waals surface area contributed by atoms with Gasteiger partial charge in [-0.3, -0.25) is 4.84 Å². The lowest BCUT2D eigenvalue weighted by atomic mass is 9.86. The highest BCUT2D eigenvalue weighted by Crippen LogP contribution is 2.25. The Hall–Kier alpha value is -0.0800. The molecule has 0 unspecified atom stereocenters. The summed E-state index contributed by atoms with van der Waals surface area (Å²) in [4.78, 5) is 5.39. The van der Waals surface area contributed by atoms with Crippen LogP contribution in [0.25, 0.3) is 0 Å². The highest BCUT2D eigenvalue weighted by molar-refractivity contribution is 4.70. The van der Waals surface area contributed by atoms with Crippen LogP contribution in [0, 0.1) is 5.92 Å². The van der Waals surface area contributed by atoms with E-state index in [2.05, 4.69) is 26.3 Å². The van der Waals surface area contributed by atoms with E-state index in [1.165, 1.54) is 19.3 Å². The van der Waals surface area contributed by atoms with Crippen molar-refractivity contribution in [3.8, 4) is 0 Å². The molecule has 0 atom stereocenters. The van der Waals surface area contributed by atoms with Crippen LogP contribution in [0.4, 0.5) is 0 Å². The van der Waals surface area contributed by atoms with E-state index in [-0.39, 0.29) is 5.60 Å². The first kappa shape index (κ1) is 9.01. The second kappa shape index (κ2) is 3.55. The van der Waals surface area contributed by atoms with Crippen LogP contribution in [0.1, 0.15) is 40.0 Å². The molecule has 1 aliphatic rings. The molecule has 1 saturated carbocycles. The third-order valence-corrected chi connectivity index (χ3v) is 1.98. The molecule has 1 aliphatic carbocycles. The van der Waals surface area contributed by atoms with Gasteiger partial charge in [-0.25, -0.2) is 5.48 Å². The molecule has 0 heterocycles. The third kappa shape index (κ3) is 3.73. The molecule has 1 N–H and O–H groups in total. The van der Waals surface area contributed by atoms with Crippen LogP contribution < -0.4 is 5.48 Å². The van der Waals surface area contributed by atoms with E-state index in [1.807, 2.05) is 0 Å². The minimum atomic E-state index is -0.0518. The fourth-order valence-corrected chi connectivity index (χ4v) is 1.07. The summed E-state index contributed by atoms with van der Waals surface area (Å²) in [6, 6.07) is 0. The van der Waals surface area contributed by atoms with Crippen molar-refractivity contribution in [1.29, 1.82) is 0 Å². The normalized spacial score (nSPS) is 19.9. The summed E-state index contributed by atoms with van der Waals surface area (Å²) in [7, 11) is 0. The van der Waals surface area contributed by atoms with E-state index in [9.17, 15) is 0 Å². The lowest BCUT2D eigenvalue weighted by Crippen LogP contribution is -2.34. The van der Waals surface area contributed by atoms with Crippen LogP contribution in [0.5, 0.6) is 0 Å². The molecule has 0 aliphatic heterocycles. The number of hydroxylamine groups is 1. The number of hydrogen-bond acceptors (Lipinski definition) is 2. The quantitative estimate of drug-likeness (QED) is 0.633. The van der Waals surface area contributed by atoms with Gasteiger partial charge in [0.05, 0.1) is 5.60 Å². The molecule has 0 aromatic heterocycles. The van der Waals surface area contributed by atoms with Gasteiger partial charge in [0.2, 0.25) is 0 Å². The molecule has 2 nitrogen and oxygen atoms in total. The Balaban J connectivity index is 1.95. The van der Waals surface area contributed by atoms with Gasteiger partial charge in [0, 0.05) is 6.54 Å². The summed E-state index contributed by atoms with van der Waals surface area (Å²) < 4.78 is 0.